The fourth-order valence-electron chi connectivity index (χ4n) is 1.61. The van der Waals surface area contributed by atoms with Crippen LogP contribution < -0.4 is 5.73 Å². The van der Waals surface area contributed by atoms with Gasteiger partial charge in [-0.2, -0.15) is 0 Å². The molecule has 4 heteroatoms. The zero-order valence-corrected chi connectivity index (χ0v) is 10.7. The summed E-state index contributed by atoms with van der Waals surface area (Å²) in [5.74, 6) is -0.623. The van der Waals surface area contributed by atoms with Gasteiger partial charge in [-0.3, -0.25) is 0 Å². The standard InChI is InChI=1S/C14H13F2NS/c1-9(17)11-8-10(15)6-7-13(11)18-14-5-3-2-4-12(14)16/h2-9H,17H2,1H3. The van der Waals surface area contributed by atoms with Crippen LogP contribution in [0.5, 0.6) is 0 Å². The summed E-state index contributed by atoms with van der Waals surface area (Å²) in [6.45, 7) is 1.78. The van der Waals surface area contributed by atoms with Crippen LogP contribution >= 0.6 is 11.8 Å². The molecular formula is C14H13F2NS. The van der Waals surface area contributed by atoms with Crippen LogP contribution in [0.2, 0.25) is 0 Å². The lowest BCUT2D eigenvalue weighted by Crippen LogP contribution is -2.06. The van der Waals surface area contributed by atoms with Crippen molar-refractivity contribution in [3.05, 3.63) is 59.7 Å². The van der Waals surface area contributed by atoms with Crippen molar-refractivity contribution in [1.29, 1.82) is 0 Å². The highest BCUT2D eigenvalue weighted by molar-refractivity contribution is 7.99. The minimum Gasteiger partial charge on any atom is -0.324 e. The van der Waals surface area contributed by atoms with Crippen molar-refractivity contribution in [2.75, 3.05) is 0 Å². The van der Waals surface area contributed by atoms with Crippen LogP contribution in [-0.2, 0) is 0 Å². The molecule has 2 rings (SSSR count). The predicted molar refractivity (Wildman–Crippen MR) is 69.5 cm³/mol. The van der Waals surface area contributed by atoms with Crippen LogP contribution in [-0.4, -0.2) is 0 Å². The maximum absolute atomic E-state index is 13.6. The highest BCUT2D eigenvalue weighted by atomic mass is 32.2. The Labute approximate surface area is 109 Å². The summed E-state index contributed by atoms with van der Waals surface area (Å²) in [4.78, 5) is 1.28. The Balaban J connectivity index is 2.37. The fourth-order valence-corrected chi connectivity index (χ4v) is 2.66. The Morgan fingerprint density at radius 3 is 2.44 bits per heavy atom. The van der Waals surface area contributed by atoms with Crippen molar-refractivity contribution in [2.24, 2.45) is 5.73 Å². The third-order valence-corrected chi connectivity index (χ3v) is 3.66. The molecule has 94 valence electrons. The van der Waals surface area contributed by atoms with Crippen molar-refractivity contribution >= 4 is 11.8 Å². The summed E-state index contributed by atoms with van der Waals surface area (Å²) in [6.07, 6.45) is 0. The lowest BCUT2D eigenvalue weighted by molar-refractivity contribution is 0.601. The molecule has 0 aliphatic rings. The third-order valence-electron chi connectivity index (χ3n) is 2.52. The van der Waals surface area contributed by atoms with Crippen LogP contribution in [0.3, 0.4) is 0 Å². The first-order valence-electron chi connectivity index (χ1n) is 5.55. The van der Waals surface area contributed by atoms with Gasteiger partial charge >= 0.3 is 0 Å². The molecule has 0 radical (unpaired) electrons. The number of nitrogens with two attached hydrogens (primary N) is 1. The monoisotopic (exact) mass is 265 g/mol. The Morgan fingerprint density at radius 2 is 1.78 bits per heavy atom. The van der Waals surface area contributed by atoms with E-state index in [1.165, 1.54) is 30.0 Å². The maximum Gasteiger partial charge on any atom is 0.137 e. The van der Waals surface area contributed by atoms with Gasteiger partial charge in [0.2, 0.25) is 0 Å². The zero-order valence-electron chi connectivity index (χ0n) is 9.86. The Kier molecular flexibility index (Phi) is 3.99. The summed E-state index contributed by atoms with van der Waals surface area (Å²) in [6, 6.07) is 10.6. The van der Waals surface area contributed by atoms with Crippen LogP contribution in [0.15, 0.2) is 52.3 Å². The first-order valence-corrected chi connectivity index (χ1v) is 6.37. The maximum atomic E-state index is 13.6. The second-order valence-corrected chi connectivity index (χ2v) is 5.09. The number of hydrogen-bond acceptors (Lipinski definition) is 2. The van der Waals surface area contributed by atoms with Gasteiger partial charge in [0.15, 0.2) is 0 Å². The van der Waals surface area contributed by atoms with Gasteiger partial charge in [-0.1, -0.05) is 23.9 Å². The van der Waals surface area contributed by atoms with Gasteiger partial charge in [0.25, 0.3) is 0 Å². The molecule has 0 heterocycles. The van der Waals surface area contributed by atoms with E-state index in [9.17, 15) is 8.78 Å². The number of hydrogen-bond donors (Lipinski definition) is 1. The lowest BCUT2D eigenvalue weighted by atomic mass is 10.1. The summed E-state index contributed by atoms with van der Waals surface area (Å²) in [5, 5.41) is 0. The molecular weight excluding hydrogens is 252 g/mol. The van der Waals surface area contributed by atoms with Crippen LogP contribution in [0, 0.1) is 11.6 Å². The third kappa shape index (κ3) is 2.89. The van der Waals surface area contributed by atoms with Crippen LogP contribution in [0.25, 0.3) is 0 Å². The van der Waals surface area contributed by atoms with Gasteiger partial charge in [0.05, 0.1) is 0 Å². The van der Waals surface area contributed by atoms with E-state index < -0.39 is 0 Å². The number of rotatable bonds is 3. The molecule has 2 aromatic rings. The summed E-state index contributed by atoms with van der Waals surface area (Å²) in [5.41, 5.74) is 6.48. The molecule has 0 bridgehead atoms. The van der Waals surface area contributed by atoms with E-state index >= 15 is 0 Å². The highest BCUT2D eigenvalue weighted by Gasteiger charge is 2.11. The Hall–Kier alpha value is -1.39. The smallest absolute Gasteiger partial charge is 0.137 e. The van der Waals surface area contributed by atoms with E-state index in [4.69, 9.17) is 5.73 Å². The van der Waals surface area contributed by atoms with Gasteiger partial charge in [-0.15, -0.1) is 0 Å². The fraction of sp³-hybridized carbons (Fsp3) is 0.143. The highest BCUT2D eigenvalue weighted by Crippen LogP contribution is 2.34. The molecule has 0 saturated carbocycles. The largest absolute Gasteiger partial charge is 0.324 e. The minimum atomic E-state index is -0.333. The van der Waals surface area contributed by atoms with E-state index in [0.29, 0.717) is 10.5 Å². The summed E-state index contributed by atoms with van der Waals surface area (Å²) in [7, 11) is 0. The van der Waals surface area contributed by atoms with Crippen molar-refractivity contribution in [3.8, 4) is 0 Å². The van der Waals surface area contributed by atoms with Gasteiger partial charge in [0.1, 0.15) is 11.6 Å². The number of halogens is 2. The average molecular weight is 265 g/mol. The molecule has 1 nitrogen and oxygen atoms in total. The zero-order chi connectivity index (χ0) is 13.1. The summed E-state index contributed by atoms with van der Waals surface area (Å²) >= 11 is 1.26. The van der Waals surface area contributed by atoms with Gasteiger partial charge in [0, 0.05) is 15.8 Å². The van der Waals surface area contributed by atoms with Gasteiger partial charge in [-0.25, -0.2) is 8.78 Å². The van der Waals surface area contributed by atoms with Crippen LogP contribution in [0.1, 0.15) is 18.5 Å². The van der Waals surface area contributed by atoms with E-state index in [1.807, 2.05) is 0 Å². The van der Waals surface area contributed by atoms with E-state index in [1.54, 1.807) is 31.2 Å². The summed E-state index contributed by atoms with van der Waals surface area (Å²) < 4.78 is 26.7. The molecule has 1 unspecified atom stereocenters. The average Bonchev–Trinajstić information content (AvgIpc) is 2.34. The van der Waals surface area contributed by atoms with E-state index in [0.717, 1.165) is 4.90 Å². The topological polar surface area (TPSA) is 26.0 Å². The Bertz CT molecular complexity index is 555. The molecule has 0 saturated heterocycles. The van der Waals surface area contributed by atoms with E-state index in [-0.39, 0.29) is 17.7 Å². The SMILES string of the molecule is CC(N)c1cc(F)ccc1Sc1ccccc1F. The van der Waals surface area contributed by atoms with Crippen molar-refractivity contribution in [2.45, 2.75) is 22.8 Å². The Morgan fingerprint density at radius 1 is 1.06 bits per heavy atom. The molecule has 0 aliphatic carbocycles. The predicted octanol–water partition coefficient (Wildman–Crippen LogP) is 4.14. The molecule has 0 fully saturated rings. The van der Waals surface area contributed by atoms with E-state index in [2.05, 4.69) is 0 Å². The molecule has 2 N–H and O–H groups in total. The van der Waals surface area contributed by atoms with Gasteiger partial charge < -0.3 is 5.73 Å². The van der Waals surface area contributed by atoms with Crippen molar-refractivity contribution in [1.82, 2.24) is 0 Å². The second kappa shape index (κ2) is 5.50. The molecule has 1 atom stereocenters. The molecule has 0 aromatic heterocycles. The molecule has 0 amide bonds. The lowest BCUT2D eigenvalue weighted by Gasteiger charge is -2.12. The molecule has 0 spiro atoms. The molecule has 0 aliphatic heterocycles. The van der Waals surface area contributed by atoms with Crippen LogP contribution in [0.4, 0.5) is 8.78 Å². The van der Waals surface area contributed by atoms with Crippen molar-refractivity contribution < 1.29 is 8.78 Å². The number of benzene rings is 2. The first-order chi connectivity index (χ1) is 8.58. The molecule has 2 aromatic carbocycles. The molecule has 18 heavy (non-hydrogen) atoms. The van der Waals surface area contributed by atoms with Crippen molar-refractivity contribution in [3.63, 3.8) is 0 Å². The minimum absolute atomic E-state index is 0.289. The quantitative estimate of drug-likeness (QED) is 0.902. The second-order valence-electron chi connectivity index (χ2n) is 4.00. The normalized spacial score (nSPS) is 12.4. The van der Waals surface area contributed by atoms with Gasteiger partial charge in [-0.05, 0) is 42.8 Å². The first kappa shape index (κ1) is 13.1.